The van der Waals surface area contributed by atoms with Crippen LogP contribution in [0.15, 0.2) is 71.5 Å². The first kappa shape index (κ1) is 38.4. The van der Waals surface area contributed by atoms with Crippen LogP contribution in [0.2, 0.25) is 0 Å². The summed E-state index contributed by atoms with van der Waals surface area (Å²) in [5.41, 5.74) is 0.0656. The quantitative estimate of drug-likeness (QED) is 0.240. The second-order valence-electron chi connectivity index (χ2n) is 13.7. The number of nitrogens with one attached hydrogen (secondary N) is 1. The molecule has 0 spiro atoms. The molecule has 1 aromatic heterocycles. The molecule has 0 radical (unpaired) electrons. The van der Waals surface area contributed by atoms with Gasteiger partial charge in [0.2, 0.25) is 5.91 Å². The van der Waals surface area contributed by atoms with Crippen LogP contribution >= 0.6 is 0 Å². The van der Waals surface area contributed by atoms with E-state index < -0.39 is 35.6 Å². The number of nitrogens with zero attached hydrogens (tertiary/aromatic N) is 6. The van der Waals surface area contributed by atoms with E-state index in [-0.39, 0.29) is 43.5 Å². The van der Waals surface area contributed by atoms with Crippen LogP contribution < -0.4 is 30.3 Å². The number of methoxy groups -OCH3 is 2. The van der Waals surface area contributed by atoms with Crippen LogP contribution in [-0.4, -0.2) is 96.6 Å². The highest BCUT2D eigenvalue weighted by Crippen LogP contribution is 2.37. The summed E-state index contributed by atoms with van der Waals surface area (Å²) in [6.45, 7) is 9.67. The van der Waals surface area contributed by atoms with Crippen LogP contribution in [0.1, 0.15) is 46.5 Å². The molecule has 1 aliphatic heterocycles. The van der Waals surface area contributed by atoms with Crippen LogP contribution in [0, 0.1) is 5.82 Å². The minimum atomic E-state index is -0.891. The average Bonchev–Trinajstić information content (AvgIpc) is 3.14. The van der Waals surface area contributed by atoms with E-state index in [4.69, 9.17) is 19.2 Å². The van der Waals surface area contributed by atoms with Crippen molar-refractivity contribution in [2.24, 2.45) is 0 Å². The molecule has 282 valence electrons. The van der Waals surface area contributed by atoms with Gasteiger partial charge in [-0.1, -0.05) is 12.1 Å². The maximum absolute atomic E-state index is 14.4. The maximum Gasteiger partial charge on any atom is 0.410 e. The molecule has 4 aromatic rings. The number of rotatable bonds is 9. The lowest BCUT2D eigenvalue weighted by Gasteiger charge is -2.40. The number of amides is 4. The van der Waals surface area contributed by atoms with E-state index in [0.29, 0.717) is 33.8 Å². The Morgan fingerprint density at radius 2 is 1.58 bits per heavy atom. The van der Waals surface area contributed by atoms with Crippen molar-refractivity contribution in [1.29, 1.82) is 0 Å². The SMILES string of the molecule is COc1ccc(N(C(=O)Nc2ccc(F)cc2)C(C)c2nc3ccccc3c(=O)n2N2CCN(C(=O)[C@H](C)N(C)C(=O)OC(C)(C)C)CC2)c(OC)c1. The highest BCUT2D eigenvalue weighted by Gasteiger charge is 2.35. The summed E-state index contributed by atoms with van der Waals surface area (Å²) in [5.74, 6) is 0.347. The molecule has 1 unspecified atom stereocenters. The van der Waals surface area contributed by atoms with E-state index in [1.165, 1.54) is 60.0 Å². The lowest BCUT2D eigenvalue weighted by molar-refractivity contribution is -0.136. The largest absolute Gasteiger partial charge is 0.497 e. The van der Waals surface area contributed by atoms with Crippen molar-refractivity contribution in [1.82, 2.24) is 19.5 Å². The molecule has 14 nitrogen and oxygen atoms in total. The van der Waals surface area contributed by atoms with Gasteiger partial charge >= 0.3 is 12.1 Å². The van der Waals surface area contributed by atoms with Gasteiger partial charge in [0.15, 0.2) is 5.82 Å². The predicted octanol–water partition coefficient (Wildman–Crippen LogP) is 5.39. The molecule has 1 aliphatic rings. The van der Waals surface area contributed by atoms with Crippen LogP contribution in [0.3, 0.4) is 0 Å². The second-order valence-corrected chi connectivity index (χ2v) is 13.7. The Morgan fingerprint density at radius 1 is 0.925 bits per heavy atom. The van der Waals surface area contributed by atoms with Gasteiger partial charge in [-0.05, 0) is 83.1 Å². The fourth-order valence-electron chi connectivity index (χ4n) is 6.03. The van der Waals surface area contributed by atoms with E-state index >= 15 is 0 Å². The van der Waals surface area contributed by atoms with Crippen LogP contribution in [0.25, 0.3) is 10.9 Å². The Bertz CT molecular complexity index is 2020. The number of hydrogen-bond acceptors (Lipinski definition) is 9. The number of piperazine rings is 1. The van der Waals surface area contributed by atoms with Gasteiger partial charge in [0, 0.05) is 31.9 Å². The molecular formula is C38H46FN7O7. The summed E-state index contributed by atoms with van der Waals surface area (Å²) >= 11 is 0. The van der Waals surface area contributed by atoms with E-state index in [1.807, 2.05) is 0 Å². The van der Waals surface area contributed by atoms with E-state index in [0.717, 1.165) is 0 Å². The molecule has 0 saturated carbocycles. The number of fused-ring (bicyclic) bond motifs is 1. The Morgan fingerprint density at radius 3 is 2.21 bits per heavy atom. The van der Waals surface area contributed by atoms with Crippen molar-refractivity contribution in [3.8, 4) is 11.5 Å². The van der Waals surface area contributed by atoms with Crippen molar-refractivity contribution in [3.05, 3.63) is 88.7 Å². The standard InChI is InChI=1S/C38H46FN7O7/c1-24(45(31-18-17-28(51-7)23-32(31)52-8)36(49)40-27-15-13-26(39)14-16-27)33-41-30-12-10-9-11-29(30)35(48)46(33)44-21-19-43(20-22-44)34(47)25(2)42(6)37(50)53-38(3,4)5/h9-18,23-25H,19-22H2,1-8H3,(H,40,49)/t24?,25-/m0/s1. The average molecular weight is 732 g/mol. The lowest BCUT2D eigenvalue weighted by Crippen LogP contribution is -2.59. The molecule has 1 fully saturated rings. The van der Waals surface area contributed by atoms with Gasteiger partial charge in [-0.3, -0.25) is 19.4 Å². The highest BCUT2D eigenvalue weighted by atomic mass is 19.1. The molecule has 2 atom stereocenters. The number of carbonyl (C=O) groups is 3. The van der Waals surface area contributed by atoms with Gasteiger partial charge in [-0.15, -0.1) is 0 Å². The zero-order valence-corrected chi connectivity index (χ0v) is 31.3. The Balaban J connectivity index is 1.52. The Kier molecular flexibility index (Phi) is 11.4. The summed E-state index contributed by atoms with van der Waals surface area (Å²) in [7, 11) is 4.51. The number of halogens is 1. The number of benzene rings is 3. The summed E-state index contributed by atoms with van der Waals surface area (Å²) in [5, 5.41) is 5.01. The second kappa shape index (κ2) is 15.8. The number of ether oxygens (including phenoxy) is 3. The minimum Gasteiger partial charge on any atom is -0.497 e. The molecule has 53 heavy (non-hydrogen) atoms. The van der Waals surface area contributed by atoms with Crippen LogP contribution in [0.5, 0.6) is 11.5 Å². The zero-order chi connectivity index (χ0) is 38.6. The summed E-state index contributed by atoms with van der Waals surface area (Å²) in [6, 6.07) is 15.0. The van der Waals surface area contributed by atoms with Gasteiger partial charge < -0.3 is 29.4 Å². The number of para-hydroxylation sites is 1. The maximum atomic E-state index is 14.4. The fraction of sp³-hybridized carbons (Fsp3) is 0.395. The van der Waals surface area contributed by atoms with Gasteiger partial charge in [0.1, 0.15) is 29.0 Å². The molecule has 0 bridgehead atoms. The lowest BCUT2D eigenvalue weighted by atomic mass is 10.1. The number of anilines is 2. The number of urea groups is 1. The van der Waals surface area contributed by atoms with Gasteiger partial charge in [0.05, 0.1) is 49.9 Å². The van der Waals surface area contributed by atoms with Gasteiger partial charge in [-0.2, -0.15) is 0 Å². The van der Waals surface area contributed by atoms with Gasteiger partial charge in [0.25, 0.3) is 5.56 Å². The summed E-state index contributed by atoms with van der Waals surface area (Å²) in [4.78, 5) is 64.1. The number of aromatic nitrogens is 2. The van der Waals surface area contributed by atoms with Crippen molar-refractivity contribution in [2.45, 2.75) is 52.3 Å². The first-order chi connectivity index (χ1) is 25.1. The van der Waals surface area contributed by atoms with E-state index in [2.05, 4.69) is 5.32 Å². The number of carbonyl (C=O) groups excluding carboxylic acids is 3. The summed E-state index contributed by atoms with van der Waals surface area (Å²) in [6.07, 6.45) is -0.606. The molecule has 15 heteroatoms. The first-order valence-electron chi connectivity index (χ1n) is 17.2. The normalized spacial score (nSPS) is 14.3. The molecule has 0 aliphatic carbocycles. The highest BCUT2D eigenvalue weighted by molar-refractivity contribution is 6.03. The molecule has 1 saturated heterocycles. The van der Waals surface area contributed by atoms with Gasteiger partial charge in [-0.25, -0.2) is 23.6 Å². The molecular weight excluding hydrogens is 685 g/mol. The van der Waals surface area contributed by atoms with E-state index in [1.54, 1.807) is 87.0 Å². The summed E-state index contributed by atoms with van der Waals surface area (Å²) < 4.78 is 31.8. The fourth-order valence-corrected chi connectivity index (χ4v) is 6.03. The van der Waals surface area contributed by atoms with E-state index in [9.17, 15) is 23.6 Å². The molecule has 3 aromatic carbocycles. The smallest absolute Gasteiger partial charge is 0.410 e. The molecule has 5 rings (SSSR count). The van der Waals surface area contributed by atoms with Crippen molar-refractivity contribution in [3.63, 3.8) is 0 Å². The molecule has 2 heterocycles. The number of hydrogen-bond donors (Lipinski definition) is 1. The third-order valence-corrected chi connectivity index (χ3v) is 8.97. The minimum absolute atomic E-state index is 0.249. The Hall–Kier alpha value is -5.86. The topological polar surface area (TPSA) is 139 Å². The van der Waals surface area contributed by atoms with Crippen molar-refractivity contribution in [2.75, 3.05) is 62.7 Å². The molecule has 4 amide bonds. The Labute approximate surface area is 307 Å². The number of likely N-dealkylation sites (N-methyl/N-ethyl adjacent to an activating group) is 1. The van der Waals surface area contributed by atoms with Crippen molar-refractivity contribution >= 4 is 40.3 Å². The first-order valence-corrected chi connectivity index (χ1v) is 17.2. The predicted molar refractivity (Wildman–Crippen MR) is 200 cm³/mol. The van der Waals surface area contributed by atoms with Crippen LogP contribution in [-0.2, 0) is 9.53 Å². The zero-order valence-electron chi connectivity index (χ0n) is 31.3. The van der Waals surface area contributed by atoms with Crippen LogP contribution in [0.4, 0.5) is 25.4 Å². The monoisotopic (exact) mass is 731 g/mol. The van der Waals surface area contributed by atoms with Crippen molar-refractivity contribution < 1.29 is 33.0 Å². The third kappa shape index (κ3) is 8.45. The molecule has 1 N–H and O–H groups in total. The third-order valence-electron chi connectivity index (χ3n) is 8.97.